The SMILES string of the molecule is N#Cc1c([AsH2])nc(-c2cn[nH]c2)c(C#N)c1-c1ccc(C(F)(F)F)cc1. The predicted octanol–water partition coefficient (Wildman–Crippen LogP) is 2.16. The van der Waals surface area contributed by atoms with Gasteiger partial charge in [-0.2, -0.15) is 0 Å². The van der Waals surface area contributed by atoms with Crippen molar-refractivity contribution in [2.45, 2.75) is 6.18 Å². The van der Waals surface area contributed by atoms with E-state index in [0.29, 0.717) is 21.3 Å². The normalized spacial score (nSPS) is 11.0. The predicted molar refractivity (Wildman–Crippen MR) is 89.9 cm³/mol. The molecule has 1 atom stereocenters. The van der Waals surface area contributed by atoms with Crippen molar-refractivity contribution in [3.8, 4) is 34.5 Å². The van der Waals surface area contributed by atoms with Gasteiger partial charge in [0.15, 0.2) is 0 Å². The molecule has 26 heavy (non-hydrogen) atoms. The fourth-order valence-electron chi connectivity index (χ4n) is 2.53. The molecule has 0 aliphatic rings. The summed E-state index contributed by atoms with van der Waals surface area (Å²) in [6.45, 7) is 0. The van der Waals surface area contributed by atoms with Gasteiger partial charge < -0.3 is 0 Å². The summed E-state index contributed by atoms with van der Waals surface area (Å²) in [4.78, 5) is 4.34. The van der Waals surface area contributed by atoms with Gasteiger partial charge >= 0.3 is 154 Å². The first-order valence-electron chi connectivity index (χ1n) is 7.17. The molecular weight excluding hydrogens is 406 g/mol. The van der Waals surface area contributed by atoms with Crippen molar-refractivity contribution in [2.75, 3.05) is 0 Å². The molecule has 3 aromatic rings. The van der Waals surface area contributed by atoms with Gasteiger partial charge in [0.2, 0.25) is 0 Å². The van der Waals surface area contributed by atoms with Crippen LogP contribution in [-0.2, 0) is 6.18 Å². The number of hydrogen-bond donors (Lipinski definition) is 1. The minimum absolute atomic E-state index is 0.115. The molecular formula is C17H9AsF3N5. The van der Waals surface area contributed by atoms with Crippen LogP contribution in [0.3, 0.4) is 0 Å². The summed E-state index contributed by atoms with van der Waals surface area (Å²) in [5, 5.41) is 25.6. The molecule has 0 aliphatic heterocycles. The number of benzene rings is 1. The van der Waals surface area contributed by atoms with Crippen LogP contribution in [-0.4, -0.2) is 32.0 Å². The molecule has 2 heterocycles. The summed E-state index contributed by atoms with van der Waals surface area (Å²) in [6, 6.07) is 8.40. The van der Waals surface area contributed by atoms with Crippen LogP contribution in [0, 0.1) is 22.7 Å². The Morgan fingerprint density at radius 3 is 2.15 bits per heavy atom. The molecule has 0 saturated carbocycles. The monoisotopic (exact) mass is 415 g/mol. The van der Waals surface area contributed by atoms with E-state index in [0.717, 1.165) is 29.0 Å². The van der Waals surface area contributed by atoms with E-state index in [2.05, 4.69) is 15.2 Å². The Morgan fingerprint density at radius 2 is 1.65 bits per heavy atom. The molecule has 0 spiro atoms. The topological polar surface area (TPSA) is 89.2 Å². The second kappa shape index (κ2) is 6.66. The number of aromatic amines is 1. The Morgan fingerprint density at radius 1 is 1.00 bits per heavy atom. The van der Waals surface area contributed by atoms with E-state index < -0.39 is 11.7 Å². The minimum atomic E-state index is -4.46. The van der Waals surface area contributed by atoms with Gasteiger partial charge in [-0.25, -0.2) is 0 Å². The number of H-pyrrole nitrogens is 1. The van der Waals surface area contributed by atoms with Crippen molar-refractivity contribution in [2.24, 2.45) is 0 Å². The molecule has 9 heteroatoms. The fourth-order valence-corrected chi connectivity index (χ4v) is 3.24. The van der Waals surface area contributed by atoms with Crippen molar-refractivity contribution in [3.05, 3.63) is 53.3 Å². The van der Waals surface area contributed by atoms with Crippen molar-refractivity contribution in [3.63, 3.8) is 0 Å². The summed E-state index contributed by atoms with van der Waals surface area (Å²) in [7, 11) is 0. The van der Waals surface area contributed by atoms with Crippen LogP contribution in [0.1, 0.15) is 16.7 Å². The number of pyridine rings is 1. The van der Waals surface area contributed by atoms with E-state index in [4.69, 9.17) is 0 Å². The molecule has 0 aliphatic carbocycles. The third-order valence-corrected chi connectivity index (χ3v) is 4.60. The molecule has 0 saturated heterocycles. The maximum atomic E-state index is 12.8. The molecule has 1 unspecified atom stereocenters. The second-order valence-electron chi connectivity index (χ2n) is 5.26. The molecule has 2 aromatic heterocycles. The molecule has 3 rings (SSSR count). The summed E-state index contributed by atoms with van der Waals surface area (Å²) in [5.41, 5.74) is 0.986. The first-order valence-corrected chi connectivity index (χ1v) is 8.38. The number of hydrogen-bond acceptors (Lipinski definition) is 4. The van der Waals surface area contributed by atoms with E-state index in [1.165, 1.54) is 18.3 Å². The molecule has 5 nitrogen and oxygen atoms in total. The van der Waals surface area contributed by atoms with Crippen LogP contribution in [0.15, 0.2) is 36.7 Å². The van der Waals surface area contributed by atoms with Crippen LogP contribution in [0.25, 0.3) is 22.4 Å². The van der Waals surface area contributed by atoms with Gasteiger partial charge in [-0.15, -0.1) is 0 Å². The van der Waals surface area contributed by atoms with Crippen molar-refractivity contribution in [1.29, 1.82) is 10.5 Å². The van der Waals surface area contributed by atoms with Gasteiger partial charge in [-0.3, -0.25) is 0 Å². The number of aromatic nitrogens is 3. The molecule has 1 N–H and O–H groups in total. The van der Waals surface area contributed by atoms with Gasteiger partial charge in [0, 0.05) is 0 Å². The van der Waals surface area contributed by atoms with E-state index in [1.54, 1.807) is 6.20 Å². The summed E-state index contributed by atoms with van der Waals surface area (Å²) >= 11 is 1.08. The number of nitrogens with zero attached hydrogens (tertiary/aromatic N) is 4. The number of halogens is 3. The first-order chi connectivity index (χ1) is 12.4. The zero-order valence-electron chi connectivity index (χ0n) is 13.0. The van der Waals surface area contributed by atoms with Gasteiger partial charge in [0.1, 0.15) is 0 Å². The molecule has 0 fully saturated rings. The number of nitriles is 2. The van der Waals surface area contributed by atoms with Gasteiger partial charge in [-0.05, 0) is 0 Å². The number of alkyl halides is 3. The van der Waals surface area contributed by atoms with Crippen molar-refractivity contribution >= 4 is 21.3 Å². The molecule has 0 bridgehead atoms. The van der Waals surface area contributed by atoms with Gasteiger partial charge in [-0.1, -0.05) is 0 Å². The van der Waals surface area contributed by atoms with Gasteiger partial charge in [0.25, 0.3) is 0 Å². The van der Waals surface area contributed by atoms with E-state index in [-0.39, 0.29) is 16.7 Å². The Hall–Kier alpha value is -3.09. The Labute approximate surface area is 154 Å². The van der Waals surface area contributed by atoms with E-state index >= 15 is 0 Å². The maximum absolute atomic E-state index is 12.8. The first kappa shape index (κ1) is 17.7. The summed E-state index contributed by atoms with van der Waals surface area (Å²) < 4.78 is 38.8. The molecule has 1 aromatic carbocycles. The van der Waals surface area contributed by atoms with Crippen LogP contribution < -0.4 is 4.48 Å². The molecule has 128 valence electrons. The van der Waals surface area contributed by atoms with Crippen LogP contribution >= 0.6 is 0 Å². The van der Waals surface area contributed by atoms with E-state index in [9.17, 15) is 23.7 Å². The zero-order valence-corrected chi connectivity index (χ0v) is 15.4. The second-order valence-corrected chi connectivity index (χ2v) is 6.40. The van der Waals surface area contributed by atoms with Gasteiger partial charge in [0.05, 0.1) is 0 Å². The average Bonchev–Trinajstić information content (AvgIpc) is 3.14. The van der Waals surface area contributed by atoms with E-state index in [1.807, 2.05) is 12.1 Å². The number of nitrogens with one attached hydrogen (secondary N) is 1. The molecule has 0 radical (unpaired) electrons. The van der Waals surface area contributed by atoms with Crippen LogP contribution in [0.5, 0.6) is 0 Å². The third kappa shape index (κ3) is 3.08. The van der Waals surface area contributed by atoms with Crippen LogP contribution in [0.4, 0.5) is 13.2 Å². The Bertz CT molecular complexity index is 1040. The summed E-state index contributed by atoms with van der Waals surface area (Å²) in [5.74, 6) is 0. The Kier molecular flexibility index (Phi) is 4.54. The fraction of sp³-hybridized carbons (Fsp3) is 0.0588. The Balaban J connectivity index is 2.30. The standard InChI is InChI=1S/C17H9AsF3N5/c18-16-13(6-23)14(9-1-3-11(4-2-9)17(19,20)21)12(5-22)15(26-16)10-7-24-25-8-10/h1-4,7-8H,18H2,(H,24,25). The quantitative estimate of drug-likeness (QED) is 0.650. The van der Waals surface area contributed by atoms with Crippen molar-refractivity contribution in [1.82, 2.24) is 15.2 Å². The molecule has 0 amide bonds. The van der Waals surface area contributed by atoms with Crippen LogP contribution in [0.2, 0.25) is 0 Å². The number of rotatable bonds is 2. The third-order valence-electron chi connectivity index (χ3n) is 3.72. The summed E-state index contributed by atoms with van der Waals surface area (Å²) in [6.07, 6.45) is -1.43. The van der Waals surface area contributed by atoms with Crippen molar-refractivity contribution < 1.29 is 13.2 Å². The average molecular weight is 415 g/mol. The zero-order chi connectivity index (χ0) is 18.9.